The quantitative estimate of drug-likeness (QED) is 0.373. The Hall–Kier alpha value is -3.43. The fraction of sp³-hybridized carbons (Fsp3) is 0.500. The van der Waals surface area contributed by atoms with E-state index in [1.165, 1.54) is 4.90 Å². The number of likely N-dealkylation sites (tertiary alicyclic amines) is 1. The van der Waals surface area contributed by atoms with Crippen LogP contribution in [0.1, 0.15) is 44.6 Å². The van der Waals surface area contributed by atoms with Crippen molar-refractivity contribution >= 4 is 29.6 Å². The van der Waals surface area contributed by atoms with E-state index >= 15 is 0 Å². The first-order valence-corrected chi connectivity index (χ1v) is 10.7. The van der Waals surface area contributed by atoms with Crippen molar-refractivity contribution in [1.82, 2.24) is 15.5 Å². The molecule has 1 aliphatic rings. The first kappa shape index (κ1) is 24.8. The van der Waals surface area contributed by atoms with Crippen molar-refractivity contribution in [2.75, 3.05) is 6.54 Å². The molecule has 0 aromatic heterocycles. The van der Waals surface area contributed by atoms with Crippen molar-refractivity contribution in [3.8, 4) is 0 Å². The zero-order valence-corrected chi connectivity index (χ0v) is 18.1. The number of carboxylic acids is 1. The third-order valence-corrected chi connectivity index (χ3v) is 5.39. The SMILES string of the molecule is CCC(=O)N1CCC[C@@H]1C(=O)N[C@@H](Cc1ccccc1)C(=O)N[C@@H](CCC(N)=O)C(=O)O. The predicted octanol–water partition coefficient (Wildman–Crippen LogP) is -0.0502. The van der Waals surface area contributed by atoms with Crippen molar-refractivity contribution in [3.05, 3.63) is 35.9 Å². The summed E-state index contributed by atoms with van der Waals surface area (Å²) in [7, 11) is 0. The highest BCUT2D eigenvalue weighted by Crippen LogP contribution is 2.19. The van der Waals surface area contributed by atoms with Gasteiger partial charge in [-0.05, 0) is 24.8 Å². The van der Waals surface area contributed by atoms with Crippen LogP contribution in [0.3, 0.4) is 0 Å². The maximum atomic E-state index is 13.0. The van der Waals surface area contributed by atoms with Crippen LogP contribution in [0, 0.1) is 0 Å². The Kier molecular flexibility index (Phi) is 9.18. The van der Waals surface area contributed by atoms with Crippen LogP contribution in [-0.4, -0.2) is 64.3 Å². The molecule has 2 rings (SSSR count). The molecule has 0 spiro atoms. The van der Waals surface area contributed by atoms with E-state index in [4.69, 9.17) is 5.73 Å². The number of amides is 4. The number of aliphatic carboxylic acids is 1. The summed E-state index contributed by atoms with van der Waals surface area (Å²) in [4.78, 5) is 62.1. The molecule has 1 aromatic rings. The van der Waals surface area contributed by atoms with E-state index in [1.807, 2.05) is 6.07 Å². The average molecular weight is 447 g/mol. The van der Waals surface area contributed by atoms with Gasteiger partial charge in [-0.15, -0.1) is 0 Å². The van der Waals surface area contributed by atoms with Gasteiger partial charge in [0, 0.05) is 25.8 Å². The molecule has 1 heterocycles. The number of primary amides is 1. The largest absolute Gasteiger partial charge is 0.480 e. The molecule has 10 nitrogen and oxygen atoms in total. The lowest BCUT2D eigenvalue weighted by Crippen LogP contribution is -2.56. The van der Waals surface area contributed by atoms with Gasteiger partial charge in [-0.2, -0.15) is 0 Å². The predicted molar refractivity (Wildman–Crippen MR) is 115 cm³/mol. The Labute approximate surface area is 186 Å². The van der Waals surface area contributed by atoms with Crippen molar-refractivity contribution in [3.63, 3.8) is 0 Å². The standard InChI is InChI=1S/C22H30N4O6/c1-2-19(28)26-12-6-9-17(26)21(30)25-16(13-14-7-4-3-5-8-14)20(29)24-15(22(31)32)10-11-18(23)27/h3-5,7-8,15-17H,2,6,9-13H2,1H3,(H2,23,27)(H,24,29)(H,25,30)(H,31,32)/t15-,16-,17+/m0/s1. The Balaban J connectivity index is 2.16. The molecule has 1 aliphatic heterocycles. The number of carbonyl (C=O) groups is 5. The smallest absolute Gasteiger partial charge is 0.326 e. The van der Waals surface area contributed by atoms with Gasteiger partial charge < -0.3 is 26.4 Å². The molecule has 4 amide bonds. The van der Waals surface area contributed by atoms with Crippen molar-refractivity contribution in [1.29, 1.82) is 0 Å². The number of benzene rings is 1. The normalized spacial score (nSPS) is 17.3. The highest BCUT2D eigenvalue weighted by atomic mass is 16.4. The summed E-state index contributed by atoms with van der Waals surface area (Å²) < 4.78 is 0. The molecule has 0 bridgehead atoms. The molecule has 0 aliphatic carbocycles. The number of rotatable bonds is 11. The van der Waals surface area contributed by atoms with Crippen LogP contribution >= 0.6 is 0 Å². The minimum Gasteiger partial charge on any atom is -0.480 e. The first-order chi connectivity index (χ1) is 15.2. The van der Waals surface area contributed by atoms with Crippen molar-refractivity contribution in [2.24, 2.45) is 5.73 Å². The summed E-state index contributed by atoms with van der Waals surface area (Å²) in [5.74, 6) is -3.26. The third-order valence-electron chi connectivity index (χ3n) is 5.39. The van der Waals surface area contributed by atoms with Crippen LogP contribution in [0.4, 0.5) is 0 Å². The molecule has 3 atom stereocenters. The lowest BCUT2D eigenvalue weighted by molar-refractivity contribution is -0.143. The maximum Gasteiger partial charge on any atom is 0.326 e. The van der Waals surface area contributed by atoms with E-state index in [0.717, 1.165) is 5.56 Å². The summed E-state index contributed by atoms with van der Waals surface area (Å²) in [6.07, 6.45) is 1.22. The van der Waals surface area contributed by atoms with Gasteiger partial charge in [0.2, 0.25) is 23.6 Å². The fourth-order valence-electron chi connectivity index (χ4n) is 3.68. The highest BCUT2D eigenvalue weighted by Gasteiger charge is 2.35. The van der Waals surface area contributed by atoms with Gasteiger partial charge in [-0.3, -0.25) is 19.2 Å². The second-order valence-electron chi connectivity index (χ2n) is 7.75. The molecule has 1 fully saturated rings. The monoisotopic (exact) mass is 446 g/mol. The summed E-state index contributed by atoms with van der Waals surface area (Å²) >= 11 is 0. The molecule has 1 saturated heterocycles. The van der Waals surface area contributed by atoms with E-state index in [9.17, 15) is 29.1 Å². The van der Waals surface area contributed by atoms with Crippen LogP contribution < -0.4 is 16.4 Å². The van der Waals surface area contributed by atoms with Crippen LogP contribution in [-0.2, 0) is 30.4 Å². The van der Waals surface area contributed by atoms with E-state index in [2.05, 4.69) is 10.6 Å². The zero-order chi connectivity index (χ0) is 23.7. The summed E-state index contributed by atoms with van der Waals surface area (Å²) in [5, 5.41) is 14.5. The van der Waals surface area contributed by atoms with E-state index in [-0.39, 0.29) is 31.6 Å². The van der Waals surface area contributed by atoms with Gasteiger partial charge in [-0.25, -0.2) is 4.79 Å². The zero-order valence-electron chi connectivity index (χ0n) is 18.1. The van der Waals surface area contributed by atoms with Gasteiger partial charge in [0.25, 0.3) is 0 Å². The van der Waals surface area contributed by atoms with Crippen molar-refractivity contribution < 1.29 is 29.1 Å². The highest BCUT2D eigenvalue weighted by molar-refractivity contribution is 5.94. The van der Waals surface area contributed by atoms with Gasteiger partial charge in [0.15, 0.2) is 0 Å². The Bertz CT molecular complexity index is 844. The number of nitrogens with two attached hydrogens (primary N) is 1. The molecule has 174 valence electrons. The van der Waals surface area contributed by atoms with Gasteiger partial charge >= 0.3 is 5.97 Å². The second-order valence-corrected chi connectivity index (χ2v) is 7.75. The Morgan fingerprint density at radius 2 is 1.81 bits per heavy atom. The average Bonchev–Trinajstić information content (AvgIpc) is 3.26. The number of carboxylic acid groups (broad SMARTS) is 1. The minimum atomic E-state index is -1.32. The first-order valence-electron chi connectivity index (χ1n) is 10.7. The molecule has 1 aromatic carbocycles. The Morgan fingerprint density at radius 1 is 1.12 bits per heavy atom. The molecule has 32 heavy (non-hydrogen) atoms. The lowest BCUT2D eigenvalue weighted by Gasteiger charge is -2.27. The molecule has 0 saturated carbocycles. The number of nitrogens with one attached hydrogen (secondary N) is 2. The second kappa shape index (κ2) is 11.8. The molecule has 0 radical (unpaired) electrons. The Morgan fingerprint density at radius 3 is 2.41 bits per heavy atom. The number of hydrogen-bond donors (Lipinski definition) is 4. The maximum absolute atomic E-state index is 13.0. The van der Waals surface area contributed by atoms with Gasteiger partial charge in [0.1, 0.15) is 18.1 Å². The van der Waals surface area contributed by atoms with Crippen LogP contribution in [0.15, 0.2) is 30.3 Å². The van der Waals surface area contributed by atoms with E-state index in [1.54, 1.807) is 31.2 Å². The van der Waals surface area contributed by atoms with Gasteiger partial charge in [-0.1, -0.05) is 37.3 Å². The topological polar surface area (TPSA) is 159 Å². The molecule has 5 N–H and O–H groups in total. The van der Waals surface area contributed by atoms with E-state index in [0.29, 0.717) is 19.4 Å². The number of carbonyl (C=O) groups excluding carboxylic acids is 4. The van der Waals surface area contributed by atoms with Crippen LogP contribution in [0.5, 0.6) is 0 Å². The van der Waals surface area contributed by atoms with Gasteiger partial charge in [0.05, 0.1) is 0 Å². The minimum absolute atomic E-state index is 0.134. The lowest BCUT2D eigenvalue weighted by atomic mass is 10.0. The summed E-state index contributed by atoms with van der Waals surface area (Å²) in [5.41, 5.74) is 5.85. The van der Waals surface area contributed by atoms with Crippen LogP contribution in [0.2, 0.25) is 0 Å². The number of hydrogen-bond acceptors (Lipinski definition) is 5. The number of nitrogens with zero attached hydrogens (tertiary/aromatic N) is 1. The summed E-state index contributed by atoms with van der Waals surface area (Å²) in [6, 6.07) is 5.92. The third kappa shape index (κ3) is 7.07. The molecule has 0 unspecified atom stereocenters. The van der Waals surface area contributed by atoms with Crippen molar-refractivity contribution in [2.45, 2.75) is 63.6 Å². The van der Waals surface area contributed by atoms with E-state index < -0.39 is 41.8 Å². The fourth-order valence-corrected chi connectivity index (χ4v) is 3.68. The van der Waals surface area contributed by atoms with Crippen LogP contribution in [0.25, 0.3) is 0 Å². The summed E-state index contributed by atoms with van der Waals surface area (Å²) in [6.45, 7) is 2.20. The molecular formula is C22H30N4O6. The molecular weight excluding hydrogens is 416 g/mol. The molecule has 10 heteroatoms.